The van der Waals surface area contributed by atoms with Crippen molar-refractivity contribution in [1.29, 1.82) is 0 Å². The zero-order valence-corrected chi connectivity index (χ0v) is 19.5. The molecule has 2 N–H and O–H groups in total. The van der Waals surface area contributed by atoms with Crippen LogP contribution in [0.1, 0.15) is 74.2 Å². The smallest absolute Gasteiger partial charge is 0.149 e. The highest BCUT2D eigenvalue weighted by atomic mass is 35.5. The lowest BCUT2D eigenvalue weighted by atomic mass is 9.81. The molecule has 0 radical (unpaired) electrons. The normalized spacial score (nSPS) is 15.3. The van der Waals surface area contributed by atoms with Crippen LogP contribution in [0.4, 0.5) is 10.2 Å². The first kappa shape index (κ1) is 22.1. The number of nitrogen functional groups attached to an aromatic ring is 1. The first-order chi connectivity index (χ1) is 14.8. The fraction of sp³-hybridized carbons (Fsp3) is 0.520. The van der Waals surface area contributed by atoms with Crippen molar-refractivity contribution in [2.75, 3.05) is 5.73 Å². The van der Waals surface area contributed by atoms with Crippen LogP contribution in [0, 0.1) is 24.6 Å². The van der Waals surface area contributed by atoms with Crippen molar-refractivity contribution in [2.45, 2.75) is 72.1 Å². The van der Waals surface area contributed by atoms with Crippen molar-refractivity contribution >= 4 is 22.9 Å². The van der Waals surface area contributed by atoms with Gasteiger partial charge < -0.3 is 5.73 Å². The molecule has 1 aliphatic carbocycles. The Balaban J connectivity index is 1.79. The lowest BCUT2D eigenvalue weighted by Crippen LogP contribution is -2.15. The van der Waals surface area contributed by atoms with Crippen LogP contribution >= 0.6 is 11.6 Å². The van der Waals surface area contributed by atoms with Gasteiger partial charge in [-0.1, -0.05) is 57.6 Å². The molecule has 1 aromatic carbocycles. The molecule has 2 heterocycles. The third kappa shape index (κ3) is 4.57. The van der Waals surface area contributed by atoms with E-state index in [9.17, 15) is 0 Å². The maximum atomic E-state index is 15.3. The Morgan fingerprint density at radius 2 is 1.97 bits per heavy atom. The summed E-state index contributed by atoms with van der Waals surface area (Å²) in [5, 5.41) is 0.215. The molecule has 1 fully saturated rings. The van der Waals surface area contributed by atoms with Gasteiger partial charge in [0.1, 0.15) is 23.0 Å². The van der Waals surface area contributed by atoms with E-state index in [-0.39, 0.29) is 10.8 Å². The van der Waals surface area contributed by atoms with E-state index in [4.69, 9.17) is 22.3 Å². The average Bonchev–Trinajstić information content (AvgIpc) is 3.05. The highest BCUT2D eigenvalue weighted by Crippen LogP contribution is 2.35. The topological polar surface area (TPSA) is 56.2 Å². The largest absolute Gasteiger partial charge is 0.382 e. The van der Waals surface area contributed by atoms with Crippen molar-refractivity contribution in [3.05, 3.63) is 57.5 Å². The van der Waals surface area contributed by atoms with Crippen LogP contribution in [0.3, 0.4) is 0 Å². The highest BCUT2D eigenvalue weighted by Gasteiger charge is 2.24. The monoisotopic (exact) mass is 442 g/mol. The minimum atomic E-state index is -0.232. The average molecular weight is 443 g/mol. The summed E-state index contributed by atoms with van der Waals surface area (Å²) < 4.78 is 17.3. The molecule has 0 amide bonds. The summed E-state index contributed by atoms with van der Waals surface area (Å²) in [7, 11) is 0. The number of fused-ring (bicyclic) bond motifs is 1. The van der Waals surface area contributed by atoms with Crippen molar-refractivity contribution < 1.29 is 4.39 Å². The van der Waals surface area contributed by atoms with Crippen LogP contribution in [-0.4, -0.2) is 14.4 Å². The summed E-state index contributed by atoms with van der Waals surface area (Å²) in [6.07, 6.45) is 11.9. The van der Waals surface area contributed by atoms with Gasteiger partial charge in [-0.15, -0.1) is 0 Å². The Hall–Kier alpha value is -2.14. The summed E-state index contributed by atoms with van der Waals surface area (Å²) in [6.45, 7) is 6.31. The first-order valence-corrected chi connectivity index (χ1v) is 11.8. The predicted octanol–water partition coefficient (Wildman–Crippen LogP) is 6.32. The van der Waals surface area contributed by atoms with Gasteiger partial charge in [0.05, 0.1) is 10.7 Å². The van der Waals surface area contributed by atoms with Gasteiger partial charge in [0, 0.05) is 18.8 Å². The molecule has 0 unspecified atom stereocenters. The van der Waals surface area contributed by atoms with E-state index < -0.39 is 0 Å². The zero-order chi connectivity index (χ0) is 22.1. The fourth-order valence-electron chi connectivity index (χ4n) is 5.10. The SMILES string of the molecule is Cc1nc(Cc2cc(Cl)c(F)c(CC3CCCCC3)c2CC(C)C)n2ccnc(N)c12. The summed E-state index contributed by atoms with van der Waals surface area (Å²) in [5.41, 5.74) is 10.8. The van der Waals surface area contributed by atoms with E-state index >= 15 is 4.39 Å². The number of aromatic nitrogens is 3. The number of benzene rings is 1. The third-order valence-electron chi connectivity index (χ3n) is 6.54. The van der Waals surface area contributed by atoms with Gasteiger partial charge in [-0.3, -0.25) is 4.40 Å². The molecule has 0 aliphatic heterocycles. The van der Waals surface area contributed by atoms with Gasteiger partial charge in [0.25, 0.3) is 0 Å². The lowest BCUT2D eigenvalue weighted by molar-refractivity contribution is 0.351. The van der Waals surface area contributed by atoms with Crippen molar-refractivity contribution in [2.24, 2.45) is 11.8 Å². The van der Waals surface area contributed by atoms with Crippen LogP contribution in [0.2, 0.25) is 5.02 Å². The molecular weight excluding hydrogens is 411 g/mol. The number of imidazole rings is 1. The standard InChI is InChI=1S/C25H32ClFN4/c1-15(2)11-19-18(14-22-30-16(3)24-25(28)29-9-10-31(22)24)13-21(26)23(27)20(19)12-17-7-5-4-6-8-17/h9-10,13,15,17H,4-8,11-12,14H2,1-3H3,(H2,28,29). The van der Waals surface area contributed by atoms with Crippen molar-refractivity contribution in [3.8, 4) is 0 Å². The quantitative estimate of drug-likeness (QED) is 0.485. The minimum absolute atomic E-state index is 0.215. The Kier molecular flexibility index (Phi) is 6.52. The summed E-state index contributed by atoms with van der Waals surface area (Å²) in [6, 6.07) is 1.81. The van der Waals surface area contributed by atoms with Gasteiger partial charge in [-0.25, -0.2) is 14.4 Å². The number of nitrogens with zero attached hydrogens (tertiary/aromatic N) is 3. The molecule has 4 nitrogen and oxygen atoms in total. The van der Waals surface area contributed by atoms with E-state index in [1.54, 1.807) is 12.3 Å². The van der Waals surface area contributed by atoms with Gasteiger partial charge in [-0.05, 0) is 54.4 Å². The molecule has 4 rings (SSSR count). The first-order valence-electron chi connectivity index (χ1n) is 11.4. The van der Waals surface area contributed by atoms with Crippen LogP contribution in [-0.2, 0) is 19.3 Å². The van der Waals surface area contributed by atoms with Crippen molar-refractivity contribution in [1.82, 2.24) is 14.4 Å². The number of rotatable bonds is 6. The highest BCUT2D eigenvalue weighted by molar-refractivity contribution is 6.30. The molecule has 2 aromatic heterocycles. The number of nitrogens with two attached hydrogens (primary N) is 1. The second-order valence-corrected chi connectivity index (χ2v) is 9.82. The molecule has 0 spiro atoms. The molecule has 0 saturated heterocycles. The van der Waals surface area contributed by atoms with E-state index in [1.807, 2.05) is 17.5 Å². The van der Waals surface area contributed by atoms with Crippen molar-refractivity contribution in [3.63, 3.8) is 0 Å². The zero-order valence-electron chi connectivity index (χ0n) is 18.7. The van der Waals surface area contributed by atoms with E-state index in [1.165, 1.54) is 32.1 Å². The molecule has 0 bridgehead atoms. The molecule has 31 heavy (non-hydrogen) atoms. The lowest BCUT2D eigenvalue weighted by Gasteiger charge is -2.25. The molecule has 3 aromatic rings. The van der Waals surface area contributed by atoms with Crippen LogP contribution in [0.15, 0.2) is 18.5 Å². The van der Waals surface area contributed by atoms with Crippen LogP contribution < -0.4 is 5.73 Å². The summed E-state index contributed by atoms with van der Waals surface area (Å²) in [5.74, 6) is 2.07. The fourth-order valence-corrected chi connectivity index (χ4v) is 5.34. The van der Waals surface area contributed by atoms with Crippen LogP contribution in [0.25, 0.3) is 5.52 Å². The molecule has 1 saturated carbocycles. The van der Waals surface area contributed by atoms with Gasteiger partial charge in [0.2, 0.25) is 0 Å². The molecular formula is C25H32ClFN4. The molecule has 6 heteroatoms. The predicted molar refractivity (Wildman–Crippen MR) is 125 cm³/mol. The number of aryl methyl sites for hydroxylation is 1. The third-order valence-corrected chi connectivity index (χ3v) is 6.81. The second-order valence-electron chi connectivity index (χ2n) is 9.42. The van der Waals surface area contributed by atoms with Gasteiger partial charge in [0.15, 0.2) is 0 Å². The Morgan fingerprint density at radius 3 is 2.68 bits per heavy atom. The summed E-state index contributed by atoms with van der Waals surface area (Å²) in [4.78, 5) is 8.97. The second kappa shape index (κ2) is 9.15. The van der Waals surface area contributed by atoms with Gasteiger partial charge in [-0.2, -0.15) is 0 Å². The Bertz CT molecular complexity index is 1080. The number of hydrogen-bond acceptors (Lipinski definition) is 3. The van der Waals surface area contributed by atoms with Crippen LogP contribution in [0.5, 0.6) is 0 Å². The number of anilines is 1. The molecule has 0 atom stereocenters. The molecule has 1 aliphatic rings. The number of hydrogen-bond donors (Lipinski definition) is 1. The molecule has 166 valence electrons. The Labute approximate surface area is 189 Å². The Morgan fingerprint density at radius 1 is 1.23 bits per heavy atom. The summed E-state index contributed by atoms with van der Waals surface area (Å²) >= 11 is 6.43. The maximum Gasteiger partial charge on any atom is 0.149 e. The van der Waals surface area contributed by atoms with E-state index in [0.29, 0.717) is 24.1 Å². The number of halogens is 2. The minimum Gasteiger partial charge on any atom is -0.382 e. The maximum absolute atomic E-state index is 15.3. The van der Waals surface area contributed by atoms with Gasteiger partial charge >= 0.3 is 0 Å². The van der Waals surface area contributed by atoms with E-state index in [2.05, 4.69) is 18.8 Å². The van der Waals surface area contributed by atoms with E-state index in [0.717, 1.165) is 46.6 Å².